The molecule has 0 unspecified atom stereocenters. The zero-order valence-corrected chi connectivity index (χ0v) is 20.1. The van der Waals surface area contributed by atoms with Crippen molar-refractivity contribution in [3.05, 3.63) is 119 Å². The molecule has 1 N–H and O–H groups in total. The number of hydrogen-bond donors (Lipinski definition) is 1. The molecule has 1 amide bonds. The molecule has 0 bridgehead atoms. The summed E-state index contributed by atoms with van der Waals surface area (Å²) in [5.41, 5.74) is 3.70. The molecule has 0 radical (unpaired) electrons. The number of carbonyl (C=O) groups is 1. The van der Waals surface area contributed by atoms with Crippen LogP contribution in [0.5, 0.6) is 0 Å². The fourth-order valence-corrected chi connectivity index (χ4v) is 4.74. The molecule has 5 rings (SSSR count). The molecule has 5 aromatic rings. The minimum atomic E-state index is -0.199. The summed E-state index contributed by atoms with van der Waals surface area (Å²) in [7, 11) is 0. The highest BCUT2D eigenvalue weighted by atomic mass is 35.5. The number of hydrogen-bond acceptors (Lipinski definition) is 4. The topological polar surface area (TPSA) is 64.0 Å². The van der Waals surface area contributed by atoms with Crippen molar-refractivity contribution < 1.29 is 4.79 Å². The van der Waals surface area contributed by atoms with Crippen LogP contribution in [0, 0.1) is 0 Å². The van der Waals surface area contributed by atoms with Gasteiger partial charge in [0.15, 0.2) is 5.16 Å². The van der Waals surface area contributed by atoms with Crippen LogP contribution in [0.2, 0.25) is 5.02 Å². The van der Waals surface area contributed by atoms with Gasteiger partial charge in [-0.3, -0.25) is 14.2 Å². The molecule has 1 heterocycles. The second kappa shape index (κ2) is 10.2. The third kappa shape index (κ3) is 4.99. The molecule has 0 spiro atoms. The molecule has 1 aromatic heterocycles. The van der Waals surface area contributed by atoms with E-state index in [2.05, 4.69) is 5.32 Å². The van der Waals surface area contributed by atoms with Crippen molar-refractivity contribution in [2.45, 2.75) is 5.16 Å². The van der Waals surface area contributed by atoms with E-state index in [1.54, 1.807) is 36.4 Å². The molecule has 0 aliphatic heterocycles. The molecule has 5 nitrogen and oxygen atoms in total. The number of carbonyl (C=O) groups excluding carboxylic acids is 1. The Labute approximate surface area is 211 Å². The van der Waals surface area contributed by atoms with Gasteiger partial charge in [0, 0.05) is 16.3 Å². The highest BCUT2D eigenvalue weighted by Crippen LogP contribution is 2.28. The summed E-state index contributed by atoms with van der Waals surface area (Å²) in [6, 6.07) is 31.7. The van der Waals surface area contributed by atoms with Crippen LogP contribution < -0.4 is 10.9 Å². The van der Waals surface area contributed by atoms with Crippen LogP contribution in [0.3, 0.4) is 0 Å². The number of halogens is 1. The zero-order chi connectivity index (χ0) is 24.2. The van der Waals surface area contributed by atoms with Crippen LogP contribution in [-0.2, 0) is 4.79 Å². The fraction of sp³-hybridized carbons (Fsp3) is 0.0357. The number of benzene rings is 4. The van der Waals surface area contributed by atoms with Crippen LogP contribution in [0.25, 0.3) is 27.7 Å². The maximum Gasteiger partial charge on any atom is 0.266 e. The van der Waals surface area contributed by atoms with Gasteiger partial charge >= 0.3 is 0 Å². The highest BCUT2D eigenvalue weighted by molar-refractivity contribution is 7.99. The summed E-state index contributed by atoms with van der Waals surface area (Å²) in [5, 5.41) is 4.52. The molecule has 0 aliphatic carbocycles. The van der Waals surface area contributed by atoms with Crippen molar-refractivity contribution >= 4 is 45.9 Å². The van der Waals surface area contributed by atoms with Crippen LogP contribution in [-0.4, -0.2) is 21.2 Å². The number of nitrogens with zero attached hydrogens (tertiary/aromatic N) is 2. The van der Waals surface area contributed by atoms with Gasteiger partial charge in [0.1, 0.15) is 0 Å². The number of fused-ring (bicyclic) bond motifs is 1. The Morgan fingerprint density at radius 1 is 0.857 bits per heavy atom. The minimum Gasteiger partial charge on any atom is -0.325 e. The van der Waals surface area contributed by atoms with E-state index in [1.807, 2.05) is 66.7 Å². The monoisotopic (exact) mass is 497 g/mol. The molecule has 4 aromatic carbocycles. The standard InChI is InChI=1S/C28H20ClN3O2S/c29-20-14-16-21(17-15-20)32-27(34)23-11-5-7-13-25(23)31-28(32)35-18-26(33)30-24-12-6-4-10-22(24)19-8-2-1-3-9-19/h1-17H,18H2,(H,30,33). The lowest BCUT2D eigenvalue weighted by Crippen LogP contribution is -2.23. The molecule has 35 heavy (non-hydrogen) atoms. The average Bonchev–Trinajstić information content (AvgIpc) is 2.89. The number of amides is 1. The smallest absolute Gasteiger partial charge is 0.266 e. The van der Waals surface area contributed by atoms with Gasteiger partial charge in [-0.05, 0) is 48.0 Å². The fourth-order valence-electron chi connectivity index (χ4n) is 3.80. The van der Waals surface area contributed by atoms with Gasteiger partial charge in [-0.15, -0.1) is 0 Å². The van der Waals surface area contributed by atoms with Gasteiger partial charge in [0.05, 0.1) is 22.3 Å². The first kappa shape index (κ1) is 22.9. The van der Waals surface area contributed by atoms with E-state index in [0.717, 1.165) is 16.8 Å². The van der Waals surface area contributed by atoms with E-state index < -0.39 is 0 Å². The number of rotatable bonds is 6. The summed E-state index contributed by atoms with van der Waals surface area (Å²) in [6.07, 6.45) is 0. The second-order valence-corrected chi connectivity index (χ2v) is 9.16. The summed E-state index contributed by atoms with van der Waals surface area (Å²) < 4.78 is 1.52. The molecule has 172 valence electrons. The molecule has 0 saturated carbocycles. The molecule has 7 heteroatoms. The summed E-state index contributed by atoms with van der Waals surface area (Å²) >= 11 is 7.26. The van der Waals surface area contributed by atoms with Gasteiger partial charge in [-0.1, -0.05) is 84.0 Å². The first-order valence-electron chi connectivity index (χ1n) is 10.9. The van der Waals surface area contributed by atoms with E-state index in [4.69, 9.17) is 16.6 Å². The molecule has 0 fully saturated rings. The van der Waals surface area contributed by atoms with Crippen LogP contribution in [0.15, 0.2) is 113 Å². The van der Waals surface area contributed by atoms with Crippen molar-refractivity contribution in [2.24, 2.45) is 0 Å². The third-order valence-corrected chi connectivity index (χ3v) is 6.64. The average molecular weight is 498 g/mol. The third-order valence-electron chi connectivity index (χ3n) is 5.45. The summed E-state index contributed by atoms with van der Waals surface area (Å²) in [6.45, 7) is 0. The number of aromatic nitrogens is 2. The van der Waals surface area contributed by atoms with Gasteiger partial charge in [-0.2, -0.15) is 0 Å². The van der Waals surface area contributed by atoms with Crippen LogP contribution >= 0.6 is 23.4 Å². The van der Waals surface area contributed by atoms with Crippen molar-refractivity contribution in [1.82, 2.24) is 9.55 Å². The quantitative estimate of drug-likeness (QED) is 0.217. The summed E-state index contributed by atoms with van der Waals surface area (Å²) in [4.78, 5) is 31.0. The Hall–Kier alpha value is -3.87. The SMILES string of the molecule is O=C(CSc1nc2ccccc2c(=O)n1-c1ccc(Cl)cc1)Nc1ccccc1-c1ccccc1. The Morgan fingerprint density at radius 3 is 2.34 bits per heavy atom. The van der Waals surface area contributed by atoms with Gasteiger partial charge in [0.2, 0.25) is 5.91 Å². The van der Waals surface area contributed by atoms with Crippen LogP contribution in [0.4, 0.5) is 5.69 Å². The van der Waals surface area contributed by atoms with Crippen molar-refractivity contribution in [1.29, 1.82) is 0 Å². The van der Waals surface area contributed by atoms with Gasteiger partial charge in [0.25, 0.3) is 5.56 Å². The number of anilines is 1. The second-order valence-electron chi connectivity index (χ2n) is 7.78. The Kier molecular flexibility index (Phi) is 6.66. The van der Waals surface area contributed by atoms with Crippen LogP contribution in [0.1, 0.15) is 0 Å². The predicted octanol–water partition coefficient (Wildman–Crippen LogP) is 6.44. The predicted molar refractivity (Wildman–Crippen MR) is 144 cm³/mol. The van der Waals surface area contributed by atoms with Gasteiger partial charge in [-0.25, -0.2) is 4.98 Å². The normalized spacial score (nSPS) is 10.9. The molecule has 0 atom stereocenters. The summed E-state index contributed by atoms with van der Waals surface area (Å²) in [5.74, 6) is -0.106. The van der Waals surface area contributed by atoms with Crippen molar-refractivity contribution in [2.75, 3.05) is 11.1 Å². The largest absolute Gasteiger partial charge is 0.325 e. The van der Waals surface area contributed by atoms with Crippen molar-refractivity contribution in [3.8, 4) is 16.8 Å². The van der Waals surface area contributed by atoms with E-state index in [9.17, 15) is 9.59 Å². The zero-order valence-electron chi connectivity index (χ0n) is 18.5. The lowest BCUT2D eigenvalue weighted by molar-refractivity contribution is -0.113. The van der Waals surface area contributed by atoms with E-state index in [0.29, 0.717) is 26.8 Å². The van der Waals surface area contributed by atoms with E-state index in [-0.39, 0.29) is 17.2 Å². The lowest BCUT2D eigenvalue weighted by Gasteiger charge is -2.14. The van der Waals surface area contributed by atoms with E-state index >= 15 is 0 Å². The van der Waals surface area contributed by atoms with E-state index in [1.165, 1.54) is 16.3 Å². The molecular formula is C28H20ClN3O2S. The highest BCUT2D eigenvalue weighted by Gasteiger charge is 2.15. The Bertz CT molecular complexity index is 1570. The maximum atomic E-state index is 13.3. The Morgan fingerprint density at radius 2 is 1.54 bits per heavy atom. The first-order chi connectivity index (χ1) is 17.1. The minimum absolute atomic E-state index is 0.0848. The number of thioether (sulfide) groups is 1. The first-order valence-corrected chi connectivity index (χ1v) is 12.3. The number of para-hydroxylation sites is 2. The van der Waals surface area contributed by atoms with Gasteiger partial charge < -0.3 is 5.32 Å². The Balaban J connectivity index is 1.44. The lowest BCUT2D eigenvalue weighted by atomic mass is 10.0. The molecule has 0 saturated heterocycles. The number of nitrogens with one attached hydrogen (secondary N) is 1. The molecular weight excluding hydrogens is 478 g/mol. The molecule has 0 aliphatic rings. The maximum absolute atomic E-state index is 13.3. The van der Waals surface area contributed by atoms with Crippen molar-refractivity contribution in [3.63, 3.8) is 0 Å².